The van der Waals surface area contributed by atoms with Crippen LogP contribution >= 0.6 is 0 Å². The Morgan fingerprint density at radius 3 is 2.54 bits per heavy atom. The van der Waals surface area contributed by atoms with Gasteiger partial charge in [-0.2, -0.15) is 0 Å². The number of carbonyl (C=O) groups is 2. The van der Waals surface area contributed by atoms with Crippen molar-refractivity contribution in [1.82, 2.24) is 15.1 Å². The number of urea groups is 1. The third kappa shape index (κ3) is 4.25. The van der Waals surface area contributed by atoms with E-state index in [4.69, 9.17) is 4.74 Å². The maximum atomic E-state index is 12.2. The molecule has 0 radical (unpaired) electrons. The molecule has 1 fully saturated rings. The quantitative estimate of drug-likeness (QED) is 0.897. The predicted molar refractivity (Wildman–Crippen MR) is 101 cm³/mol. The summed E-state index contributed by atoms with van der Waals surface area (Å²) >= 11 is 0. The lowest BCUT2D eigenvalue weighted by Gasteiger charge is -2.20. The average Bonchev–Trinajstić information content (AvgIpc) is 3.20. The normalized spacial score (nSPS) is 13.7. The van der Waals surface area contributed by atoms with E-state index in [1.165, 1.54) is 0 Å². The van der Waals surface area contributed by atoms with Gasteiger partial charge in [-0.1, -0.05) is 18.2 Å². The fraction of sp³-hybridized carbons (Fsp3) is 0.400. The average molecular weight is 355 g/mol. The number of ether oxygens (including phenoxy) is 1. The summed E-state index contributed by atoms with van der Waals surface area (Å²) in [5.41, 5.74) is 1.03. The van der Waals surface area contributed by atoms with Crippen LogP contribution in [0, 0.1) is 0 Å². The Morgan fingerprint density at radius 2 is 1.81 bits per heavy atom. The van der Waals surface area contributed by atoms with Gasteiger partial charge < -0.3 is 19.9 Å². The van der Waals surface area contributed by atoms with Gasteiger partial charge in [-0.05, 0) is 47.4 Å². The van der Waals surface area contributed by atoms with E-state index in [0.29, 0.717) is 6.54 Å². The van der Waals surface area contributed by atoms with E-state index < -0.39 is 0 Å². The van der Waals surface area contributed by atoms with Gasteiger partial charge in [0, 0.05) is 26.7 Å². The van der Waals surface area contributed by atoms with Crippen LogP contribution in [-0.2, 0) is 11.3 Å². The third-order valence-corrected chi connectivity index (χ3v) is 4.73. The number of nitrogens with zero attached hydrogens (tertiary/aromatic N) is 2. The van der Waals surface area contributed by atoms with Gasteiger partial charge in [-0.3, -0.25) is 4.79 Å². The van der Waals surface area contributed by atoms with Crippen molar-refractivity contribution < 1.29 is 14.3 Å². The summed E-state index contributed by atoms with van der Waals surface area (Å²) in [6, 6.07) is 11.8. The Kier molecular flexibility index (Phi) is 5.61. The summed E-state index contributed by atoms with van der Waals surface area (Å²) in [6.45, 7) is 2.13. The summed E-state index contributed by atoms with van der Waals surface area (Å²) in [6.07, 6.45) is 2.10. The van der Waals surface area contributed by atoms with Crippen molar-refractivity contribution in [2.45, 2.75) is 19.4 Å². The summed E-state index contributed by atoms with van der Waals surface area (Å²) in [4.78, 5) is 27.6. The van der Waals surface area contributed by atoms with Crippen molar-refractivity contribution in [1.29, 1.82) is 0 Å². The maximum Gasteiger partial charge on any atom is 0.317 e. The van der Waals surface area contributed by atoms with Crippen molar-refractivity contribution in [3.05, 3.63) is 42.0 Å². The Bertz CT molecular complexity index is 800. The van der Waals surface area contributed by atoms with Gasteiger partial charge in [0.25, 0.3) is 0 Å². The lowest BCUT2D eigenvalue weighted by Crippen LogP contribution is -2.43. The molecule has 1 aliphatic heterocycles. The first-order valence-electron chi connectivity index (χ1n) is 8.90. The highest BCUT2D eigenvalue weighted by molar-refractivity contribution is 5.85. The SMILES string of the molecule is COc1ccc2cc(CN(C)C(=O)NCC(=O)N3CCCC3)ccc2c1. The molecule has 0 aliphatic carbocycles. The van der Waals surface area contributed by atoms with Gasteiger partial charge in [0.05, 0.1) is 13.7 Å². The molecule has 0 atom stereocenters. The van der Waals surface area contributed by atoms with Crippen LogP contribution in [0.1, 0.15) is 18.4 Å². The summed E-state index contributed by atoms with van der Waals surface area (Å²) in [7, 11) is 3.38. The Labute approximate surface area is 153 Å². The smallest absolute Gasteiger partial charge is 0.317 e. The van der Waals surface area contributed by atoms with Crippen LogP contribution in [0.4, 0.5) is 4.79 Å². The number of benzene rings is 2. The molecule has 0 unspecified atom stereocenters. The van der Waals surface area contributed by atoms with Crippen LogP contribution in [0.25, 0.3) is 10.8 Å². The first-order valence-corrected chi connectivity index (χ1v) is 8.90. The number of rotatable bonds is 5. The van der Waals surface area contributed by atoms with Crippen LogP contribution in [0.3, 0.4) is 0 Å². The minimum atomic E-state index is -0.243. The molecule has 2 aromatic carbocycles. The minimum Gasteiger partial charge on any atom is -0.497 e. The number of nitrogens with one attached hydrogen (secondary N) is 1. The second-order valence-corrected chi connectivity index (χ2v) is 6.65. The molecule has 6 heteroatoms. The zero-order valence-corrected chi connectivity index (χ0v) is 15.3. The molecule has 1 heterocycles. The van der Waals surface area contributed by atoms with E-state index in [9.17, 15) is 9.59 Å². The molecular weight excluding hydrogens is 330 g/mol. The summed E-state index contributed by atoms with van der Waals surface area (Å²) in [5, 5.41) is 4.90. The van der Waals surface area contributed by atoms with Gasteiger partial charge in [-0.25, -0.2) is 4.79 Å². The van der Waals surface area contributed by atoms with Crippen LogP contribution < -0.4 is 10.1 Å². The number of carbonyl (C=O) groups excluding carboxylic acids is 2. The molecule has 138 valence electrons. The minimum absolute atomic E-state index is 0.0103. The Balaban J connectivity index is 1.56. The molecule has 0 saturated carbocycles. The highest BCUT2D eigenvalue weighted by atomic mass is 16.5. The number of hydrogen-bond acceptors (Lipinski definition) is 3. The lowest BCUT2D eigenvalue weighted by atomic mass is 10.1. The molecular formula is C20H25N3O3. The topological polar surface area (TPSA) is 61.9 Å². The van der Waals surface area contributed by atoms with Crippen molar-refractivity contribution >= 4 is 22.7 Å². The summed E-state index contributed by atoms with van der Waals surface area (Å²) < 4.78 is 5.24. The molecule has 0 aromatic heterocycles. The van der Waals surface area contributed by atoms with E-state index >= 15 is 0 Å². The zero-order chi connectivity index (χ0) is 18.5. The first kappa shape index (κ1) is 18.0. The first-order chi connectivity index (χ1) is 12.6. The molecule has 1 N–H and O–H groups in total. The van der Waals surface area contributed by atoms with E-state index in [2.05, 4.69) is 11.4 Å². The van der Waals surface area contributed by atoms with Gasteiger partial charge in [0.1, 0.15) is 5.75 Å². The number of fused-ring (bicyclic) bond motifs is 1. The fourth-order valence-electron chi connectivity index (χ4n) is 3.21. The van der Waals surface area contributed by atoms with Crippen molar-refractivity contribution in [3.63, 3.8) is 0 Å². The Hall–Kier alpha value is -2.76. The summed E-state index contributed by atoms with van der Waals surface area (Å²) in [5.74, 6) is 0.813. The molecule has 1 aliphatic rings. The van der Waals surface area contributed by atoms with E-state index in [1.54, 1.807) is 24.0 Å². The Morgan fingerprint density at radius 1 is 1.12 bits per heavy atom. The monoisotopic (exact) mass is 355 g/mol. The molecule has 6 nitrogen and oxygen atoms in total. The van der Waals surface area contributed by atoms with Crippen molar-refractivity contribution in [2.75, 3.05) is 33.8 Å². The second kappa shape index (κ2) is 8.08. The van der Waals surface area contributed by atoms with Crippen LogP contribution in [-0.4, -0.2) is 55.5 Å². The van der Waals surface area contributed by atoms with Crippen LogP contribution in [0.5, 0.6) is 5.75 Å². The van der Waals surface area contributed by atoms with Gasteiger partial charge in [-0.15, -0.1) is 0 Å². The third-order valence-electron chi connectivity index (χ3n) is 4.73. The second-order valence-electron chi connectivity index (χ2n) is 6.65. The highest BCUT2D eigenvalue weighted by Crippen LogP contribution is 2.22. The fourth-order valence-corrected chi connectivity index (χ4v) is 3.21. The van der Waals surface area contributed by atoms with Crippen molar-refractivity contribution in [3.8, 4) is 5.75 Å². The van der Waals surface area contributed by atoms with E-state index in [1.807, 2.05) is 30.3 Å². The van der Waals surface area contributed by atoms with Gasteiger partial charge in [0.2, 0.25) is 5.91 Å². The van der Waals surface area contributed by atoms with Crippen LogP contribution in [0.15, 0.2) is 36.4 Å². The number of methoxy groups -OCH3 is 1. The maximum absolute atomic E-state index is 12.2. The van der Waals surface area contributed by atoms with Crippen molar-refractivity contribution in [2.24, 2.45) is 0 Å². The molecule has 2 aromatic rings. The lowest BCUT2D eigenvalue weighted by molar-refractivity contribution is -0.129. The number of hydrogen-bond donors (Lipinski definition) is 1. The molecule has 26 heavy (non-hydrogen) atoms. The zero-order valence-electron chi connectivity index (χ0n) is 15.3. The standard InChI is InChI=1S/C20H25N3O3/c1-22(20(25)21-13-19(24)23-9-3-4-10-23)14-15-5-6-17-12-18(26-2)8-7-16(17)11-15/h5-8,11-12H,3-4,9-10,13-14H2,1-2H3,(H,21,25). The number of likely N-dealkylation sites (tertiary alicyclic amines) is 1. The van der Waals surface area contributed by atoms with Crippen LogP contribution in [0.2, 0.25) is 0 Å². The largest absolute Gasteiger partial charge is 0.497 e. The van der Waals surface area contributed by atoms with E-state index in [0.717, 1.165) is 48.0 Å². The number of amides is 3. The predicted octanol–water partition coefficient (Wildman–Crippen LogP) is 2.61. The van der Waals surface area contributed by atoms with Gasteiger partial charge in [0.15, 0.2) is 0 Å². The molecule has 1 saturated heterocycles. The van der Waals surface area contributed by atoms with E-state index in [-0.39, 0.29) is 18.5 Å². The molecule has 3 rings (SSSR count). The highest BCUT2D eigenvalue weighted by Gasteiger charge is 2.19. The molecule has 0 spiro atoms. The molecule has 0 bridgehead atoms. The molecule has 3 amide bonds. The van der Waals surface area contributed by atoms with Gasteiger partial charge >= 0.3 is 6.03 Å².